The number of para-hydroxylation sites is 1. The van der Waals surface area contributed by atoms with Crippen LogP contribution < -0.4 is 5.32 Å². The van der Waals surface area contributed by atoms with Gasteiger partial charge in [0.1, 0.15) is 11.5 Å². The van der Waals surface area contributed by atoms with Gasteiger partial charge in [-0.05, 0) is 31.5 Å². The third kappa shape index (κ3) is 3.26. The molecule has 3 nitrogen and oxygen atoms in total. The number of aryl methyl sites for hydroxylation is 1. The van der Waals surface area contributed by atoms with Gasteiger partial charge in [0, 0.05) is 23.7 Å². The first-order valence-electron chi connectivity index (χ1n) is 6.37. The van der Waals surface area contributed by atoms with Crippen molar-refractivity contribution < 1.29 is 10.2 Å². The van der Waals surface area contributed by atoms with E-state index in [1.165, 1.54) is 0 Å². The molecule has 0 saturated heterocycles. The van der Waals surface area contributed by atoms with Crippen LogP contribution in [-0.2, 0) is 6.54 Å². The zero-order chi connectivity index (χ0) is 13.8. The monoisotopic (exact) mass is 257 g/mol. The Bertz CT molecular complexity index is 566. The van der Waals surface area contributed by atoms with Gasteiger partial charge in [-0.2, -0.15) is 0 Å². The average molecular weight is 257 g/mol. The molecule has 2 rings (SSSR count). The molecule has 0 spiro atoms. The molecule has 2 aromatic carbocycles. The fraction of sp³-hybridized carbons (Fsp3) is 0.250. The van der Waals surface area contributed by atoms with E-state index in [-0.39, 0.29) is 11.8 Å². The summed E-state index contributed by atoms with van der Waals surface area (Å²) in [6, 6.07) is 12.9. The number of aromatic hydroxyl groups is 2. The van der Waals surface area contributed by atoms with E-state index in [1.54, 1.807) is 18.2 Å². The molecule has 0 saturated carbocycles. The molecule has 0 radical (unpaired) electrons. The van der Waals surface area contributed by atoms with Crippen LogP contribution in [0.2, 0.25) is 0 Å². The summed E-state index contributed by atoms with van der Waals surface area (Å²) in [4.78, 5) is 0. The first-order valence-corrected chi connectivity index (χ1v) is 6.37. The first kappa shape index (κ1) is 13.4. The number of hydrogen-bond donors (Lipinski definition) is 3. The quantitative estimate of drug-likeness (QED) is 0.788. The standard InChI is InChI=1S/C16H19NO2/c1-11-7-8-14(16(19)9-11)12(2)17-10-13-5-3-4-6-15(13)18/h3-9,12,17-19H,10H2,1-2H3. The third-order valence-electron chi connectivity index (χ3n) is 3.24. The lowest BCUT2D eigenvalue weighted by atomic mass is 10.0. The second kappa shape index (κ2) is 5.76. The Morgan fingerprint density at radius 2 is 1.79 bits per heavy atom. The Labute approximate surface area is 113 Å². The highest BCUT2D eigenvalue weighted by Gasteiger charge is 2.10. The molecule has 3 N–H and O–H groups in total. The number of phenols is 2. The normalized spacial score (nSPS) is 12.3. The summed E-state index contributed by atoms with van der Waals surface area (Å²) in [6.07, 6.45) is 0. The van der Waals surface area contributed by atoms with Gasteiger partial charge in [0.2, 0.25) is 0 Å². The van der Waals surface area contributed by atoms with Crippen molar-refractivity contribution in [2.75, 3.05) is 0 Å². The fourth-order valence-electron chi connectivity index (χ4n) is 2.05. The minimum atomic E-state index is 0.0141. The van der Waals surface area contributed by atoms with Crippen LogP contribution in [-0.4, -0.2) is 10.2 Å². The molecule has 0 heterocycles. The average Bonchev–Trinajstić information content (AvgIpc) is 2.37. The largest absolute Gasteiger partial charge is 0.508 e. The SMILES string of the molecule is Cc1ccc(C(C)NCc2ccccc2O)c(O)c1. The summed E-state index contributed by atoms with van der Waals surface area (Å²) in [5.74, 6) is 0.590. The maximum absolute atomic E-state index is 9.92. The van der Waals surface area contributed by atoms with Crippen molar-refractivity contribution in [1.29, 1.82) is 0 Å². The summed E-state index contributed by atoms with van der Waals surface area (Å²) >= 11 is 0. The van der Waals surface area contributed by atoms with Crippen LogP contribution in [0.1, 0.15) is 29.7 Å². The van der Waals surface area contributed by atoms with Gasteiger partial charge in [-0.1, -0.05) is 30.3 Å². The number of rotatable bonds is 4. The molecule has 1 atom stereocenters. The summed E-state index contributed by atoms with van der Waals surface area (Å²) in [6.45, 7) is 4.50. The Morgan fingerprint density at radius 3 is 2.47 bits per heavy atom. The van der Waals surface area contributed by atoms with Gasteiger partial charge in [0.15, 0.2) is 0 Å². The van der Waals surface area contributed by atoms with E-state index in [0.717, 1.165) is 16.7 Å². The van der Waals surface area contributed by atoms with Crippen molar-refractivity contribution in [3.63, 3.8) is 0 Å². The van der Waals surface area contributed by atoms with Crippen molar-refractivity contribution in [2.24, 2.45) is 0 Å². The predicted molar refractivity (Wildman–Crippen MR) is 76.2 cm³/mol. The van der Waals surface area contributed by atoms with Crippen molar-refractivity contribution in [2.45, 2.75) is 26.4 Å². The van der Waals surface area contributed by atoms with Crippen LogP contribution in [0.25, 0.3) is 0 Å². The number of phenolic OH excluding ortho intramolecular Hbond substituents is 2. The summed E-state index contributed by atoms with van der Waals surface area (Å²) in [5, 5.41) is 22.9. The second-order valence-electron chi connectivity index (χ2n) is 4.79. The highest BCUT2D eigenvalue weighted by molar-refractivity contribution is 5.38. The topological polar surface area (TPSA) is 52.5 Å². The Morgan fingerprint density at radius 1 is 1.05 bits per heavy atom. The van der Waals surface area contributed by atoms with Crippen LogP contribution in [0.4, 0.5) is 0 Å². The minimum Gasteiger partial charge on any atom is -0.508 e. The molecule has 1 unspecified atom stereocenters. The smallest absolute Gasteiger partial charge is 0.120 e. The molecule has 19 heavy (non-hydrogen) atoms. The third-order valence-corrected chi connectivity index (χ3v) is 3.24. The van der Waals surface area contributed by atoms with Gasteiger partial charge in [-0.3, -0.25) is 0 Å². The minimum absolute atomic E-state index is 0.0141. The van der Waals surface area contributed by atoms with Gasteiger partial charge in [-0.15, -0.1) is 0 Å². The van der Waals surface area contributed by atoms with E-state index in [0.29, 0.717) is 12.3 Å². The molecule has 2 aromatic rings. The molecule has 100 valence electrons. The molecule has 0 aromatic heterocycles. The van der Waals surface area contributed by atoms with E-state index in [2.05, 4.69) is 5.32 Å². The number of hydrogen-bond acceptors (Lipinski definition) is 3. The summed E-state index contributed by atoms with van der Waals surface area (Å²) < 4.78 is 0. The lowest BCUT2D eigenvalue weighted by Crippen LogP contribution is -2.18. The first-order chi connectivity index (χ1) is 9.08. The highest BCUT2D eigenvalue weighted by atomic mass is 16.3. The highest BCUT2D eigenvalue weighted by Crippen LogP contribution is 2.25. The van der Waals surface area contributed by atoms with E-state index in [9.17, 15) is 10.2 Å². The van der Waals surface area contributed by atoms with Crippen LogP contribution in [0.5, 0.6) is 11.5 Å². The molecular formula is C16H19NO2. The van der Waals surface area contributed by atoms with Crippen LogP contribution >= 0.6 is 0 Å². The van der Waals surface area contributed by atoms with Gasteiger partial charge in [0.05, 0.1) is 0 Å². The zero-order valence-electron chi connectivity index (χ0n) is 11.2. The molecule has 0 aliphatic heterocycles. The van der Waals surface area contributed by atoms with Gasteiger partial charge >= 0.3 is 0 Å². The molecule has 3 heteroatoms. The fourth-order valence-corrected chi connectivity index (χ4v) is 2.05. The lowest BCUT2D eigenvalue weighted by Gasteiger charge is -2.16. The van der Waals surface area contributed by atoms with Crippen LogP contribution in [0.3, 0.4) is 0 Å². The Kier molecular flexibility index (Phi) is 4.07. The maximum atomic E-state index is 9.92. The van der Waals surface area contributed by atoms with Crippen molar-refractivity contribution >= 4 is 0 Å². The van der Waals surface area contributed by atoms with Gasteiger partial charge in [-0.25, -0.2) is 0 Å². The van der Waals surface area contributed by atoms with Crippen LogP contribution in [0, 0.1) is 6.92 Å². The van der Waals surface area contributed by atoms with Crippen molar-refractivity contribution in [3.05, 3.63) is 59.2 Å². The molecular weight excluding hydrogens is 238 g/mol. The Balaban J connectivity index is 2.05. The second-order valence-corrected chi connectivity index (χ2v) is 4.79. The molecule has 0 fully saturated rings. The van der Waals surface area contributed by atoms with Crippen LogP contribution in [0.15, 0.2) is 42.5 Å². The molecule has 0 amide bonds. The van der Waals surface area contributed by atoms with E-state index >= 15 is 0 Å². The summed E-state index contributed by atoms with van der Waals surface area (Å²) in [7, 11) is 0. The van der Waals surface area contributed by atoms with Crippen molar-refractivity contribution in [1.82, 2.24) is 5.32 Å². The van der Waals surface area contributed by atoms with Gasteiger partial charge in [0.25, 0.3) is 0 Å². The number of benzene rings is 2. The maximum Gasteiger partial charge on any atom is 0.120 e. The number of nitrogens with one attached hydrogen (secondary N) is 1. The lowest BCUT2D eigenvalue weighted by molar-refractivity contribution is 0.445. The van der Waals surface area contributed by atoms with Crippen molar-refractivity contribution in [3.8, 4) is 11.5 Å². The molecule has 0 aliphatic rings. The van der Waals surface area contributed by atoms with E-state index < -0.39 is 0 Å². The molecule has 0 aliphatic carbocycles. The summed E-state index contributed by atoms with van der Waals surface area (Å²) in [5.41, 5.74) is 2.75. The zero-order valence-corrected chi connectivity index (χ0v) is 11.2. The predicted octanol–water partition coefficient (Wildman–Crippen LogP) is 3.26. The van der Waals surface area contributed by atoms with E-state index in [4.69, 9.17) is 0 Å². The molecule has 0 bridgehead atoms. The van der Waals surface area contributed by atoms with Gasteiger partial charge < -0.3 is 15.5 Å². The van der Waals surface area contributed by atoms with E-state index in [1.807, 2.05) is 38.1 Å². The Hall–Kier alpha value is -2.00.